The van der Waals surface area contributed by atoms with Crippen molar-refractivity contribution in [3.05, 3.63) is 84.0 Å². The van der Waals surface area contributed by atoms with E-state index in [1.807, 2.05) is 0 Å². The zero-order chi connectivity index (χ0) is 22.2. The fourth-order valence-electron chi connectivity index (χ4n) is 5.76. The second-order valence-corrected chi connectivity index (χ2v) is 15.3. The molecule has 0 aromatic heterocycles. The third kappa shape index (κ3) is 4.37. The summed E-state index contributed by atoms with van der Waals surface area (Å²) in [6, 6.07) is 18.9. The number of aryl methyl sites for hydroxylation is 2. The molecule has 4 atom stereocenters. The molecule has 1 fully saturated rings. The first-order valence-corrected chi connectivity index (χ1v) is 14.9. The standard InChI is InChI=1S/C28H37NSSi/c1-20-11-15-22(16-12-20)31(29-28(3,4)5,23-17-13-21(2)14-18-23)27-19-26(30-6)24-9-7-8-10-25(24)27/h7-18,24-27,29H,19H2,1-6H3. The van der Waals surface area contributed by atoms with Gasteiger partial charge in [-0.15, -0.1) is 0 Å². The van der Waals surface area contributed by atoms with Crippen molar-refractivity contribution in [2.75, 3.05) is 6.26 Å². The molecule has 4 rings (SSSR count). The van der Waals surface area contributed by atoms with Crippen LogP contribution in [0.3, 0.4) is 0 Å². The van der Waals surface area contributed by atoms with Crippen molar-refractivity contribution in [1.82, 2.24) is 4.98 Å². The van der Waals surface area contributed by atoms with Gasteiger partial charge in [-0.05, 0) is 75.0 Å². The fraction of sp³-hybridized carbons (Fsp3) is 0.429. The van der Waals surface area contributed by atoms with Crippen molar-refractivity contribution >= 4 is 30.4 Å². The molecule has 2 aromatic rings. The van der Waals surface area contributed by atoms with Crippen molar-refractivity contribution in [3.63, 3.8) is 0 Å². The highest BCUT2D eigenvalue weighted by Gasteiger charge is 2.55. The SMILES string of the molecule is CSC1CC([Si](NC(C)(C)C)(c2ccc(C)cc2)c2ccc(C)cc2)C2C=CC=CC12. The summed E-state index contributed by atoms with van der Waals surface area (Å²) >= 11 is 2.06. The first-order valence-electron chi connectivity index (χ1n) is 11.6. The molecule has 31 heavy (non-hydrogen) atoms. The predicted molar refractivity (Wildman–Crippen MR) is 141 cm³/mol. The van der Waals surface area contributed by atoms with Crippen LogP contribution in [0.1, 0.15) is 38.3 Å². The number of allylic oxidation sites excluding steroid dienone is 4. The smallest absolute Gasteiger partial charge is 0.194 e. The number of rotatable bonds is 5. The van der Waals surface area contributed by atoms with Gasteiger partial charge in [0.25, 0.3) is 0 Å². The summed E-state index contributed by atoms with van der Waals surface area (Å²) in [5.41, 5.74) is 3.31. The molecule has 1 saturated carbocycles. The van der Waals surface area contributed by atoms with E-state index in [0.717, 1.165) is 0 Å². The molecule has 2 aromatic carbocycles. The first-order chi connectivity index (χ1) is 14.7. The fourth-order valence-corrected chi connectivity index (χ4v) is 12.7. The summed E-state index contributed by atoms with van der Waals surface area (Å²) < 4.78 is 0. The Morgan fingerprint density at radius 1 is 0.806 bits per heavy atom. The molecule has 0 radical (unpaired) electrons. The van der Waals surface area contributed by atoms with E-state index >= 15 is 0 Å². The lowest BCUT2D eigenvalue weighted by molar-refractivity contribution is 0.494. The van der Waals surface area contributed by atoms with E-state index in [1.54, 1.807) is 0 Å². The van der Waals surface area contributed by atoms with E-state index in [1.165, 1.54) is 27.9 Å². The zero-order valence-electron chi connectivity index (χ0n) is 19.9. The van der Waals surface area contributed by atoms with Gasteiger partial charge in [0.1, 0.15) is 0 Å². The number of hydrogen-bond donors (Lipinski definition) is 1. The minimum absolute atomic E-state index is 0.0309. The lowest BCUT2D eigenvalue weighted by Gasteiger charge is -2.46. The third-order valence-corrected chi connectivity index (χ3v) is 13.5. The van der Waals surface area contributed by atoms with Crippen molar-refractivity contribution < 1.29 is 0 Å². The maximum absolute atomic E-state index is 4.33. The van der Waals surface area contributed by atoms with Gasteiger partial charge in [0.15, 0.2) is 8.24 Å². The van der Waals surface area contributed by atoms with Gasteiger partial charge in [-0.2, -0.15) is 11.8 Å². The Morgan fingerprint density at radius 2 is 1.29 bits per heavy atom. The van der Waals surface area contributed by atoms with Crippen molar-refractivity contribution in [3.8, 4) is 0 Å². The second-order valence-electron chi connectivity index (χ2n) is 10.5. The Labute approximate surface area is 194 Å². The van der Waals surface area contributed by atoms with Gasteiger partial charge in [0.05, 0.1) is 0 Å². The molecular formula is C28H37NSSi. The Morgan fingerprint density at radius 3 is 1.74 bits per heavy atom. The van der Waals surface area contributed by atoms with Crippen LogP contribution in [-0.4, -0.2) is 25.3 Å². The van der Waals surface area contributed by atoms with Crippen molar-refractivity contribution in [2.45, 2.75) is 57.4 Å². The number of fused-ring (bicyclic) bond motifs is 1. The average molecular weight is 448 g/mol. The Balaban J connectivity index is 1.96. The lowest BCUT2D eigenvalue weighted by Crippen LogP contribution is -2.75. The van der Waals surface area contributed by atoms with Gasteiger partial charge in [0.2, 0.25) is 0 Å². The average Bonchev–Trinajstić information content (AvgIpc) is 3.12. The van der Waals surface area contributed by atoms with Crippen LogP contribution < -0.4 is 15.4 Å². The van der Waals surface area contributed by atoms with Crippen LogP contribution in [0.2, 0.25) is 5.54 Å². The molecule has 3 heteroatoms. The molecule has 1 nitrogen and oxygen atoms in total. The highest BCUT2D eigenvalue weighted by Crippen LogP contribution is 2.52. The van der Waals surface area contributed by atoms with E-state index in [4.69, 9.17) is 0 Å². The van der Waals surface area contributed by atoms with E-state index in [0.29, 0.717) is 22.6 Å². The van der Waals surface area contributed by atoms with Crippen LogP contribution in [0.5, 0.6) is 0 Å². The molecule has 0 saturated heterocycles. The monoisotopic (exact) mass is 447 g/mol. The van der Waals surface area contributed by atoms with E-state index in [2.05, 4.69) is 130 Å². The largest absolute Gasteiger partial charge is 0.325 e. The summed E-state index contributed by atoms with van der Waals surface area (Å²) in [5.74, 6) is 1.22. The second kappa shape index (κ2) is 8.76. The van der Waals surface area contributed by atoms with E-state index < -0.39 is 8.24 Å². The quantitative estimate of drug-likeness (QED) is 0.598. The first kappa shape index (κ1) is 22.6. The minimum atomic E-state index is -2.31. The van der Waals surface area contributed by atoms with Gasteiger partial charge in [0, 0.05) is 10.8 Å². The van der Waals surface area contributed by atoms with E-state index in [9.17, 15) is 0 Å². The molecule has 4 unspecified atom stereocenters. The molecule has 0 amide bonds. The Kier molecular flexibility index (Phi) is 6.40. The van der Waals surface area contributed by atoms with Crippen LogP contribution in [0.4, 0.5) is 0 Å². The molecular weight excluding hydrogens is 410 g/mol. The number of nitrogens with one attached hydrogen (secondary N) is 1. The summed E-state index contributed by atoms with van der Waals surface area (Å²) in [7, 11) is -2.31. The van der Waals surface area contributed by atoms with Crippen LogP contribution in [0.25, 0.3) is 0 Å². The van der Waals surface area contributed by atoms with Gasteiger partial charge < -0.3 is 4.98 Å². The molecule has 0 heterocycles. The number of hydrogen-bond acceptors (Lipinski definition) is 2. The van der Waals surface area contributed by atoms with Gasteiger partial charge in [-0.25, -0.2) is 0 Å². The summed E-state index contributed by atoms with van der Waals surface area (Å²) in [4.78, 5) is 4.33. The highest BCUT2D eigenvalue weighted by atomic mass is 32.2. The molecule has 0 aliphatic heterocycles. The normalized spacial score (nSPS) is 25.6. The molecule has 0 bridgehead atoms. The molecule has 0 spiro atoms. The van der Waals surface area contributed by atoms with Gasteiger partial charge >= 0.3 is 0 Å². The van der Waals surface area contributed by atoms with Crippen LogP contribution in [-0.2, 0) is 0 Å². The molecule has 164 valence electrons. The van der Waals surface area contributed by atoms with Crippen LogP contribution in [0, 0.1) is 25.7 Å². The molecule has 2 aliphatic carbocycles. The summed E-state index contributed by atoms with van der Waals surface area (Å²) in [5, 5.41) is 3.72. The topological polar surface area (TPSA) is 12.0 Å². The molecule has 2 aliphatic rings. The summed E-state index contributed by atoms with van der Waals surface area (Å²) in [6.45, 7) is 11.4. The Hall–Kier alpha value is -1.55. The maximum Gasteiger partial charge on any atom is 0.194 e. The zero-order valence-corrected chi connectivity index (χ0v) is 21.7. The van der Waals surface area contributed by atoms with Crippen LogP contribution >= 0.6 is 11.8 Å². The van der Waals surface area contributed by atoms with Gasteiger partial charge in [-0.3, -0.25) is 0 Å². The summed E-state index contributed by atoms with van der Waals surface area (Å²) in [6.07, 6.45) is 13.1. The number of benzene rings is 2. The molecule has 1 N–H and O–H groups in total. The maximum atomic E-state index is 4.33. The van der Waals surface area contributed by atoms with Crippen molar-refractivity contribution in [2.24, 2.45) is 11.8 Å². The minimum Gasteiger partial charge on any atom is -0.325 e. The highest BCUT2D eigenvalue weighted by molar-refractivity contribution is 7.99. The van der Waals surface area contributed by atoms with Gasteiger partial charge in [-0.1, -0.05) is 84.0 Å². The number of thioether (sulfide) groups is 1. The van der Waals surface area contributed by atoms with Crippen molar-refractivity contribution in [1.29, 1.82) is 0 Å². The third-order valence-electron chi connectivity index (χ3n) is 7.05. The lowest BCUT2D eigenvalue weighted by atomic mass is 9.91. The Bertz CT molecular complexity index is 907. The van der Waals surface area contributed by atoms with E-state index in [-0.39, 0.29) is 5.54 Å². The predicted octanol–water partition coefficient (Wildman–Crippen LogP) is 5.62. The van der Waals surface area contributed by atoms with Crippen LogP contribution in [0.15, 0.2) is 72.8 Å².